The zero-order valence-electron chi connectivity index (χ0n) is 41.7. The molecular weight excluding hydrogens is 895 g/mol. The molecule has 0 saturated carbocycles. The van der Waals surface area contributed by atoms with Gasteiger partial charge in [0.1, 0.15) is 0 Å². The Kier molecular flexibility index (Phi) is 12.2. The van der Waals surface area contributed by atoms with Crippen molar-refractivity contribution in [2.45, 2.75) is 26.2 Å². The van der Waals surface area contributed by atoms with Gasteiger partial charge in [0.05, 0.1) is 17.1 Å². The smallest absolute Gasteiger partial charge is 0.0780 e. The third-order valence-corrected chi connectivity index (χ3v) is 14.3. The van der Waals surface area contributed by atoms with Crippen molar-refractivity contribution in [3.05, 3.63) is 273 Å². The third-order valence-electron chi connectivity index (χ3n) is 14.3. The van der Waals surface area contributed by atoms with Crippen molar-refractivity contribution in [2.24, 2.45) is 0 Å². The lowest BCUT2D eigenvalue weighted by Gasteiger charge is -2.19. The quantitative estimate of drug-likeness (QED) is 0.137. The third kappa shape index (κ3) is 9.24. The molecule has 0 atom stereocenters. The Morgan fingerprint density at radius 1 is 0.257 bits per heavy atom. The summed E-state index contributed by atoms with van der Waals surface area (Å²) in [7, 11) is 0. The molecule has 0 aliphatic heterocycles. The summed E-state index contributed by atoms with van der Waals surface area (Å²) in [6.45, 7) is 6.73. The molecule has 12 rings (SSSR count). The molecule has 0 radical (unpaired) electrons. The van der Waals surface area contributed by atoms with Crippen molar-refractivity contribution in [1.82, 2.24) is 15.0 Å². The molecule has 3 heteroatoms. The van der Waals surface area contributed by atoms with E-state index >= 15 is 0 Å². The van der Waals surface area contributed by atoms with Crippen LogP contribution in [0.2, 0.25) is 0 Å². The first kappa shape index (κ1) is 45.8. The molecule has 0 N–H and O–H groups in total. The van der Waals surface area contributed by atoms with Crippen LogP contribution in [0.1, 0.15) is 26.3 Å². The Hall–Kier alpha value is -9.31. The fourth-order valence-electron chi connectivity index (χ4n) is 10.3. The summed E-state index contributed by atoms with van der Waals surface area (Å²) >= 11 is 0. The van der Waals surface area contributed by atoms with Crippen LogP contribution < -0.4 is 0 Å². The predicted octanol–water partition coefficient (Wildman–Crippen LogP) is 19.0. The molecule has 0 bridgehead atoms. The van der Waals surface area contributed by atoms with Crippen LogP contribution in [0.3, 0.4) is 0 Å². The van der Waals surface area contributed by atoms with Crippen LogP contribution in [-0.4, -0.2) is 15.0 Å². The van der Waals surface area contributed by atoms with Crippen molar-refractivity contribution >= 4 is 10.8 Å². The second kappa shape index (κ2) is 19.7. The summed E-state index contributed by atoms with van der Waals surface area (Å²) in [6.07, 6.45) is 5.73. The van der Waals surface area contributed by atoms with Gasteiger partial charge in [0.2, 0.25) is 0 Å². The van der Waals surface area contributed by atoms with Crippen molar-refractivity contribution in [1.29, 1.82) is 0 Å². The molecule has 0 aliphatic rings. The Labute approximate surface area is 434 Å². The number of aromatic nitrogens is 3. The highest BCUT2D eigenvalue weighted by Crippen LogP contribution is 2.43. The number of pyridine rings is 3. The summed E-state index contributed by atoms with van der Waals surface area (Å²) in [5.74, 6) is 0. The van der Waals surface area contributed by atoms with Gasteiger partial charge in [-0.1, -0.05) is 221 Å². The Balaban J connectivity index is 0.966. The van der Waals surface area contributed by atoms with E-state index in [4.69, 9.17) is 15.0 Å². The summed E-state index contributed by atoms with van der Waals surface area (Å²) < 4.78 is 0. The number of rotatable bonds is 10. The second-order valence-electron chi connectivity index (χ2n) is 20.0. The molecule has 3 aromatic heterocycles. The lowest BCUT2D eigenvalue weighted by atomic mass is 9.86. The van der Waals surface area contributed by atoms with Crippen LogP contribution in [-0.2, 0) is 5.41 Å². The maximum absolute atomic E-state index is 4.83. The van der Waals surface area contributed by atoms with E-state index in [9.17, 15) is 0 Å². The van der Waals surface area contributed by atoms with Crippen LogP contribution in [0.25, 0.3) is 122 Å². The molecule has 9 aromatic carbocycles. The number of fused-ring (bicyclic) bond motifs is 1. The van der Waals surface area contributed by atoms with E-state index in [1.54, 1.807) is 0 Å². The van der Waals surface area contributed by atoms with E-state index in [0.29, 0.717) is 0 Å². The molecule has 0 fully saturated rings. The van der Waals surface area contributed by atoms with Gasteiger partial charge in [-0.25, -0.2) is 0 Å². The Morgan fingerprint density at radius 3 is 1.15 bits per heavy atom. The first-order valence-corrected chi connectivity index (χ1v) is 25.4. The Bertz CT molecular complexity index is 3960. The molecule has 352 valence electrons. The summed E-state index contributed by atoms with van der Waals surface area (Å²) in [6, 6.07) is 89.8. The number of nitrogens with zero attached hydrogens (tertiary/aromatic N) is 3. The van der Waals surface area contributed by atoms with Crippen LogP contribution in [0.4, 0.5) is 0 Å². The highest BCUT2D eigenvalue weighted by atomic mass is 14.7. The van der Waals surface area contributed by atoms with Gasteiger partial charge in [0.25, 0.3) is 0 Å². The molecule has 0 spiro atoms. The van der Waals surface area contributed by atoms with Crippen LogP contribution >= 0.6 is 0 Å². The van der Waals surface area contributed by atoms with E-state index in [0.717, 1.165) is 106 Å². The standard InChI is InChI=1S/C71H53N3/c1-71(2,3)60-39-42-73-69(47-60)54-33-27-51(28-34-54)62-19-10-13-22-65(62)58-43-57(64-21-12-9-18-61(64)50-25-31-53(32-26-50)68-46-56(38-40-72-68)48-15-5-4-6-16-48)44-59(45-58)66-23-14-11-20-63(66)52-29-35-55(36-30-52)70-67-24-8-7-17-49(67)37-41-74-70/h4-47H,1-3H3. The maximum atomic E-state index is 4.83. The van der Waals surface area contributed by atoms with E-state index in [2.05, 4.69) is 269 Å². The predicted molar refractivity (Wildman–Crippen MR) is 310 cm³/mol. The molecule has 0 aliphatic carbocycles. The van der Waals surface area contributed by atoms with Gasteiger partial charge >= 0.3 is 0 Å². The SMILES string of the molecule is CC(C)(C)c1ccnc(-c2ccc(-c3ccccc3-c3cc(-c4ccccc4-c4ccc(-c5cc(-c6ccccc6)ccn5)cc4)cc(-c4ccccc4-c4ccc(-c5nccc6ccccc56)cc4)c3)cc2)c1. The fourth-order valence-corrected chi connectivity index (χ4v) is 10.3. The molecule has 0 amide bonds. The molecule has 74 heavy (non-hydrogen) atoms. The normalized spacial score (nSPS) is 11.4. The monoisotopic (exact) mass is 947 g/mol. The first-order chi connectivity index (χ1) is 36.3. The minimum absolute atomic E-state index is 0.0316. The van der Waals surface area contributed by atoms with Gasteiger partial charge in [0, 0.05) is 40.7 Å². The lowest BCUT2D eigenvalue weighted by molar-refractivity contribution is 0.589. The number of hydrogen-bond acceptors (Lipinski definition) is 3. The summed E-state index contributed by atoms with van der Waals surface area (Å²) in [4.78, 5) is 14.4. The van der Waals surface area contributed by atoms with Crippen LogP contribution in [0.15, 0.2) is 267 Å². The second-order valence-corrected chi connectivity index (χ2v) is 20.0. The zero-order chi connectivity index (χ0) is 50.0. The molecule has 3 heterocycles. The fraction of sp³-hybridized carbons (Fsp3) is 0.0563. The van der Waals surface area contributed by atoms with Crippen LogP contribution in [0.5, 0.6) is 0 Å². The average molecular weight is 948 g/mol. The van der Waals surface area contributed by atoms with E-state index in [-0.39, 0.29) is 5.41 Å². The van der Waals surface area contributed by atoms with Crippen molar-refractivity contribution in [3.8, 4) is 112 Å². The van der Waals surface area contributed by atoms with Gasteiger partial charge in [-0.05, 0) is 143 Å². The molecular formula is C71H53N3. The van der Waals surface area contributed by atoms with E-state index in [1.165, 1.54) is 22.1 Å². The van der Waals surface area contributed by atoms with Gasteiger partial charge in [-0.15, -0.1) is 0 Å². The molecule has 12 aromatic rings. The van der Waals surface area contributed by atoms with Gasteiger partial charge in [-0.2, -0.15) is 0 Å². The Morgan fingerprint density at radius 2 is 0.649 bits per heavy atom. The van der Waals surface area contributed by atoms with Crippen LogP contribution in [0, 0.1) is 0 Å². The molecule has 0 saturated heterocycles. The molecule has 3 nitrogen and oxygen atoms in total. The van der Waals surface area contributed by atoms with Gasteiger partial charge < -0.3 is 0 Å². The van der Waals surface area contributed by atoms with E-state index in [1.807, 2.05) is 18.6 Å². The highest BCUT2D eigenvalue weighted by Gasteiger charge is 2.18. The zero-order valence-corrected chi connectivity index (χ0v) is 41.7. The first-order valence-electron chi connectivity index (χ1n) is 25.4. The highest BCUT2D eigenvalue weighted by molar-refractivity contribution is 5.97. The summed E-state index contributed by atoms with van der Waals surface area (Å²) in [5, 5.41) is 2.33. The van der Waals surface area contributed by atoms with E-state index < -0.39 is 0 Å². The van der Waals surface area contributed by atoms with Crippen molar-refractivity contribution in [2.75, 3.05) is 0 Å². The number of hydrogen-bond donors (Lipinski definition) is 0. The van der Waals surface area contributed by atoms with Gasteiger partial charge in [-0.3, -0.25) is 15.0 Å². The summed E-state index contributed by atoms with van der Waals surface area (Å²) in [5.41, 5.74) is 23.6. The molecule has 0 unspecified atom stereocenters. The topological polar surface area (TPSA) is 38.7 Å². The minimum atomic E-state index is 0.0316. The van der Waals surface area contributed by atoms with Crippen molar-refractivity contribution in [3.63, 3.8) is 0 Å². The number of benzene rings is 9. The maximum Gasteiger partial charge on any atom is 0.0780 e. The average Bonchev–Trinajstić information content (AvgIpc) is 3.47. The largest absolute Gasteiger partial charge is 0.256 e. The minimum Gasteiger partial charge on any atom is -0.256 e. The lowest BCUT2D eigenvalue weighted by Crippen LogP contribution is -2.11. The van der Waals surface area contributed by atoms with Gasteiger partial charge in [0.15, 0.2) is 0 Å². The van der Waals surface area contributed by atoms with Crippen molar-refractivity contribution < 1.29 is 0 Å².